The van der Waals surface area contributed by atoms with Gasteiger partial charge in [0.05, 0.1) is 23.5 Å². The number of nitrogens with one attached hydrogen (secondary N) is 1. The zero-order chi connectivity index (χ0) is 22.7. The molecule has 1 aromatic carbocycles. The van der Waals surface area contributed by atoms with Gasteiger partial charge in [0.1, 0.15) is 5.15 Å². The minimum Gasteiger partial charge on any atom is -0.319 e. The van der Waals surface area contributed by atoms with Crippen molar-refractivity contribution in [3.05, 3.63) is 47.1 Å². The van der Waals surface area contributed by atoms with E-state index in [-0.39, 0.29) is 23.5 Å². The van der Waals surface area contributed by atoms with Crippen LogP contribution in [0.4, 0.5) is 17.2 Å². The molecular formula is C24H30ClN5O2. The number of fused-ring (bicyclic) bond motifs is 2. The summed E-state index contributed by atoms with van der Waals surface area (Å²) in [5.74, 6) is -0.0202. The summed E-state index contributed by atoms with van der Waals surface area (Å²) in [6.45, 7) is 8.45. The van der Waals surface area contributed by atoms with E-state index in [1.165, 1.54) is 6.42 Å². The second kappa shape index (κ2) is 9.98. The topological polar surface area (TPSA) is 68.8 Å². The van der Waals surface area contributed by atoms with Gasteiger partial charge < -0.3 is 10.2 Å². The maximum absolute atomic E-state index is 13.8. The van der Waals surface area contributed by atoms with E-state index in [0.29, 0.717) is 28.8 Å². The molecule has 1 aromatic heterocycles. The Kier molecular flexibility index (Phi) is 7.08. The number of aromatic nitrogens is 1. The lowest BCUT2D eigenvalue weighted by Crippen LogP contribution is -2.50. The average molecular weight is 456 g/mol. The SMILES string of the molecule is CCN(CC)CC1CCCCN1CC(=O)N1c2ccccc2C(=O)Nc2ccc(Cl)nc21. The third-order valence-corrected chi connectivity index (χ3v) is 6.60. The zero-order valence-corrected chi connectivity index (χ0v) is 19.4. The van der Waals surface area contributed by atoms with E-state index in [0.717, 1.165) is 39.0 Å². The molecule has 8 heteroatoms. The number of halogens is 1. The van der Waals surface area contributed by atoms with E-state index < -0.39 is 0 Å². The van der Waals surface area contributed by atoms with Crippen molar-refractivity contribution in [2.45, 2.75) is 39.2 Å². The smallest absolute Gasteiger partial charge is 0.257 e. The molecule has 1 fully saturated rings. The fraction of sp³-hybridized carbons (Fsp3) is 0.458. The number of rotatable bonds is 6. The number of pyridine rings is 1. The molecule has 1 atom stereocenters. The Hall–Kier alpha value is -2.48. The van der Waals surface area contributed by atoms with Crippen molar-refractivity contribution in [3.63, 3.8) is 0 Å². The van der Waals surface area contributed by atoms with Gasteiger partial charge in [-0.3, -0.25) is 19.4 Å². The number of carbonyl (C=O) groups excluding carboxylic acids is 2. The summed E-state index contributed by atoms with van der Waals surface area (Å²) in [5, 5.41) is 3.14. The first-order valence-corrected chi connectivity index (χ1v) is 11.8. The lowest BCUT2D eigenvalue weighted by molar-refractivity contribution is -0.120. The highest BCUT2D eigenvalue weighted by Gasteiger charge is 2.33. The minimum absolute atomic E-state index is 0.114. The van der Waals surface area contributed by atoms with Gasteiger partial charge >= 0.3 is 0 Å². The Morgan fingerprint density at radius 3 is 2.75 bits per heavy atom. The van der Waals surface area contributed by atoms with Crippen molar-refractivity contribution in [2.75, 3.05) is 42.9 Å². The van der Waals surface area contributed by atoms with Crippen LogP contribution in [0.15, 0.2) is 36.4 Å². The summed E-state index contributed by atoms with van der Waals surface area (Å²) in [6, 6.07) is 10.8. The third-order valence-electron chi connectivity index (χ3n) is 6.39. The number of amides is 2. The molecule has 0 aliphatic carbocycles. The standard InChI is InChI=1S/C24H30ClN5O2/c1-3-28(4-2)15-17-9-7-8-14-29(17)16-22(31)30-20-11-6-5-10-18(20)24(32)26-19-12-13-21(25)27-23(19)30/h5-6,10-13,17H,3-4,7-9,14-16H2,1-2H3,(H,26,32). The first-order chi connectivity index (χ1) is 15.5. The number of carbonyl (C=O) groups is 2. The largest absolute Gasteiger partial charge is 0.319 e. The number of benzene rings is 1. The summed E-state index contributed by atoms with van der Waals surface area (Å²) < 4.78 is 0. The number of para-hydroxylation sites is 1. The van der Waals surface area contributed by atoms with E-state index in [2.05, 4.69) is 33.9 Å². The Bertz CT molecular complexity index is 994. The molecule has 0 radical (unpaired) electrons. The van der Waals surface area contributed by atoms with Gasteiger partial charge in [0.2, 0.25) is 5.91 Å². The van der Waals surface area contributed by atoms with E-state index >= 15 is 0 Å². The molecule has 1 saturated heterocycles. The second-order valence-corrected chi connectivity index (χ2v) is 8.70. The van der Waals surface area contributed by atoms with Crippen molar-refractivity contribution in [1.82, 2.24) is 14.8 Å². The molecule has 32 heavy (non-hydrogen) atoms. The fourth-order valence-electron chi connectivity index (χ4n) is 4.61. The maximum Gasteiger partial charge on any atom is 0.257 e. The first kappa shape index (κ1) is 22.7. The molecule has 2 amide bonds. The zero-order valence-electron chi connectivity index (χ0n) is 18.7. The Morgan fingerprint density at radius 2 is 1.97 bits per heavy atom. The monoisotopic (exact) mass is 455 g/mol. The van der Waals surface area contributed by atoms with E-state index in [1.54, 1.807) is 35.2 Å². The lowest BCUT2D eigenvalue weighted by atomic mass is 10.0. The Morgan fingerprint density at radius 1 is 1.19 bits per heavy atom. The second-order valence-electron chi connectivity index (χ2n) is 8.31. The molecule has 1 unspecified atom stereocenters. The van der Waals surface area contributed by atoms with Crippen LogP contribution in [0.2, 0.25) is 5.15 Å². The van der Waals surface area contributed by atoms with Gasteiger partial charge in [-0.1, -0.05) is 44.0 Å². The number of hydrogen-bond acceptors (Lipinski definition) is 5. The van der Waals surface area contributed by atoms with E-state index in [9.17, 15) is 9.59 Å². The van der Waals surface area contributed by atoms with Gasteiger partial charge in [-0.15, -0.1) is 0 Å². The molecule has 0 spiro atoms. The van der Waals surface area contributed by atoms with Crippen molar-refractivity contribution < 1.29 is 9.59 Å². The van der Waals surface area contributed by atoms with Gasteiger partial charge in [-0.05, 0) is 56.7 Å². The van der Waals surface area contributed by atoms with Crippen LogP contribution in [0.1, 0.15) is 43.5 Å². The van der Waals surface area contributed by atoms with Gasteiger partial charge in [0.15, 0.2) is 5.82 Å². The Labute approximate surface area is 194 Å². The summed E-state index contributed by atoms with van der Waals surface area (Å²) in [6.07, 6.45) is 3.35. The summed E-state index contributed by atoms with van der Waals surface area (Å²) in [5.41, 5.74) is 1.44. The quantitative estimate of drug-likeness (QED) is 0.662. The van der Waals surface area contributed by atoms with E-state index in [4.69, 9.17) is 11.6 Å². The van der Waals surface area contributed by atoms with Crippen LogP contribution < -0.4 is 10.2 Å². The molecule has 2 aliphatic heterocycles. The number of piperidine rings is 1. The molecule has 2 aliphatic rings. The van der Waals surface area contributed by atoms with Crippen LogP contribution >= 0.6 is 11.6 Å². The van der Waals surface area contributed by atoms with Gasteiger partial charge in [0.25, 0.3) is 5.91 Å². The molecular weight excluding hydrogens is 426 g/mol. The number of hydrogen-bond donors (Lipinski definition) is 1. The minimum atomic E-state index is -0.265. The van der Waals surface area contributed by atoms with Crippen LogP contribution in [-0.2, 0) is 4.79 Å². The fourth-order valence-corrected chi connectivity index (χ4v) is 4.75. The summed E-state index contributed by atoms with van der Waals surface area (Å²) in [7, 11) is 0. The number of nitrogens with zero attached hydrogens (tertiary/aromatic N) is 4. The third kappa shape index (κ3) is 4.65. The number of likely N-dealkylation sites (N-methyl/N-ethyl adjacent to an activating group) is 1. The van der Waals surface area contributed by atoms with Crippen LogP contribution in [-0.4, -0.2) is 65.4 Å². The van der Waals surface area contributed by atoms with Crippen molar-refractivity contribution >= 4 is 40.6 Å². The summed E-state index contributed by atoms with van der Waals surface area (Å²) >= 11 is 6.19. The summed E-state index contributed by atoms with van der Waals surface area (Å²) in [4.78, 5) is 37.3. The van der Waals surface area contributed by atoms with Crippen LogP contribution in [0.3, 0.4) is 0 Å². The lowest BCUT2D eigenvalue weighted by Gasteiger charge is -2.38. The van der Waals surface area contributed by atoms with Crippen LogP contribution in [0.25, 0.3) is 0 Å². The molecule has 0 bridgehead atoms. The highest BCUT2D eigenvalue weighted by atomic mass is 35.5. The number of likely N-dealkylation sites (tertiary alicyclic amines) is 1. The molecule has 170 valence electrons. The van der Waals surface area contributed by atoms with Crippen LogP contribution in [0.5, 0.6) is 0 Å². The predicted molar refractivity (Wildman–Crippen MR) is 128 cm³/mol. The van der Waals surface area contributed by atoms with Crippen molar-refractivity contribution in [1.29, 1.82) is 0 Å². The molecule has 2 aromatic rings. The number of anilines is 3. The van der Waals surface area contributed by atoms with Gasteiger partial charge in [0, 0.05) is 12.6 Å². The highest BCUT2D eigenvalue weighted by Crippen LogP contribution is 2.37. The average Bonchev–Trinajstić information content (AvgIpc) is 2.92. The van der Waals surface area contributed by atoms with Gasteiger partial charge in [-0.2, -0.15) is 0 Å². The molecule has 3 heterocycles. The normalized spacial score (nSPS) is 18.7. The maximum atomic E-state index is 13.8. The molecule has 7 nitrogen and oxygen atoms in total. The first-order valence-electron chi connectivity index (χ1n) is 11.4. The molecule has 0 saturated carbocycles. The van der Waals surface area contributed by atoms with Crippen molar-refractivity contribution in [3.8, 4) is 0 Å². The predicted octanol–water partition coefficient (Wildman–Crippen LogP) is 4.16. The van der Waals surface area contributed by atoms with Gasteiger partial charge in [-0.25, -0.2) is 4.98 Å². The van der Waals surface area contributed by atoms with Crippen LogP contribution in [0, 0.1) is 0 Å². The highest BCUT2D eigenvalue weighted by molar-refractivity contribution is 6.30. The molecule has 1 N–H and O–H groups in total. The Balaban J connectivity index is 1.67. The van der Waals surface area contributed by atoms with E-state index in [1.807, 2.05) is 6.07 Å². The van der Waals surface area contributed by atoms with Crippen molar-refractivity contribution in [2.24, 2.45) is 0 Å². The molecule has 4 rings (SSSR count).